The third kappa shape index (κ3) is 1.19. The normalized spacial score (nSPS) is 12.6. The highest BCUT2D eigenvalue weighted by Gasteiger charge is 2.15. The summed E-state index contributed by atoms with van der Waals surface area (Å²) in [4.78, 5) is 2.33. The highest BCUT2D eigenvalue weighted by Crippen LogP contribution is 2.46. The van der Waals surface area contributed by atoms with E-state index in [1.165, 1.54) is 4.90 Å². The van der Waals surface area contributed by atoms with Crippen molar-refractivity contribution in [3.8, 4) is 11.5 Å². The minimum Gasteiger partial charge on any atom is -0.455 e. The van der Waals surface area contributed by atoms with Gasteiger partial charge in [0, 0.05) is 0 Å². The molecule has 0 aliphatic carbocycles. The van der Waals surface area contributed by atoms with E-state index in [9.17, 15) is 0 Å². The van der Waals surface area contributed by atoms with Crippen molar-refractivity contribution in [2.24, 2.45) is 0 Å². The minimum absolute atomic E-state index is 0.899. The summed E-state index contributed by atoms with van der Waals surface area (Å²) in [5, 5.41) is 0. The molecule has 1 radical (unpaired) electrons. The molecule has 0 unspecified atom stereocenters. The third-order valence-corrected chi connectivity index (χ3v) is 3.19. The van der Waals surface area contributed by atoms with Crippen LogP contribution in [0.1, 0.15) is 0 Å². The van der Waals surface area contributed by atoms with Crippen LogP contribution in [-0.2, 0) is 0 Å². The molecule has 67 valence electrons. The highest BCUT2D eigenvalue weighted by atomic mass is 32.2. The molecule has 2 heteroatoms. The first-order valence-corrected chi connectivity index (χ1v) is 5.20. The molecule has 0 atom stereocenters. The number of ether oxygens (including phenoxy) is 1. The maximum absolute atomic E-state index is 5.73. The van der Waals surface area contributed by atoms with Crippen molar-refractivity contribution in [1.82, 2.24) is 0 Å². The zero-order valence-corrected chi connectivity index (χ0v) is 8.17. The van der Waals surface area contributed by atoms with Gasteiger partial charge >= 0.3 is 0 Å². The zero-order valence-electron chi connectivity index (χ0n) is 7.36. The Labute approximate surface area is 86.7 Å². The lowest BCUT2D eigenvalue weighted by Gasteiger charge is -2.18. The second-order valence-corrected chi connectivity index (χ2v) is 4.11. The average Bonchev–Trinajstić information content (AvgIpc) is 2.26. The fourth-order valence-corrected chi connectivity index (χ4v) is 2.35. The Morgan fingerprint density at radius 2 is 1.86 bits per heavy atom. The van der Waals surface area contributed by atoms with Crippen LogP contribution in [0.2, 0.25) is 0 Å². The van der Waals surface area contributed by atoms with Gasteiger partial charge in [0.25, 0.3) is 0 Å². The van der Waals surface area contributed by atoms with Crippen LogP contribution < -0.4 is 4.74 Å². The third-order valence-electron chi connectivity index (χ3n) is 2.08. The molecule has 1 nitrogen and oxygen atoms in total. The molecule has 1 heterocycles. The van der Waals surface area contributed by atoms with E-state index in [-0.39, 0.29) is 0 Å². The predicted octanol–water partition coefficient (Wildman–Crippen LogP) is 3.74. The van der Waals surface area contributed by atoms with Crippen molar-refractivity contribution in [3.63, 3.8) is 0 Å². The molecule has 0 spiro atoms. The molecule has 14 heavy (non-hydrogen) atoms. The zero-order chi connectivity index (χ0) is 9.38. The Bertz CT molecular complexity index is 392. The molecule has 0 fully saturated rings. The Morgan fingerprint density at radius 3 is 2.86 bits per heavy atom. The quantitative estimate of drug-likeness (QED) is 0.545. The van der Waals surface area contributed by atoms with Crippen LogP contribution in [0.25, 0.3) is 0 Å². The molecule has 2 aromatic rings. The van der Waals surface area contributed by atoms with Crippen LogP contribution in [0, 0.1) is 6.07 Å². The molecule has 2 aromatic carbocycles. The van der Waals surface area contributed by atoms with E-state index in [1.807, 2.05) is 36.4 Å². The van der Waals surface area contributed by atoms with Crippen molar-refractivity contribution < 1.29 is 4.74 Å². The molecular formula is C12H7OS. The van der Waals surface area contributed by atoms with E-state index < -0.39 is 0 Å². The number of hydrogen-bond donors (Lipinski definition) is 0. The fourth-order valence-electron chi connectivity index (χ4n) is 1.42. The van der Waals surface area contributed by atoms with Gasteiger partial charge in [-0.15, -0.1) is 0 Å². The number of benzene rings is 2. The predicted molar refractivity (Wildman–Crippen MR) is 55.9 cm³/mol. The van der Waals surface area contributed by atoms with Gasteiger partial charge in [0.05, 0.1) is 9.79 Å². The molecule has 0 aromatic heterocycles. The van der Waals surface area contributed by atoms with Gasteiger partial charge in [-0.3, -0.25) is 0 Å². The summed E-state index contributed by atoms with van der Waals surface area (Å²) in [5.74, 6) is 1.83. The van der Waals surface area contributed by atoms with Gasteiger partial charge in [-0.25, -0.2) is 0 Å². The Kier molecular flexibility index (Phi) is 1.74. The Balaban J connectivity index is 2.12. The molecule has 1 aliphatic rings. The van der Waals surface area contributed by atoms with Crippen molar-refractivity contribution in [1.29, 1.82) is 0 Å². The number of rotatable bonds is 0. The SMILES string of the molecule is [c]1ccc2c(c1)Oc1ccccc1S2. The van der Waals surface area contributed by atoms with E-state index in [4.69, 9.17) is 4.74 Å². The van der Waals surface area contributed by atoms with Gasteiger partial charge in [-0.2, -0.15) is 0 Å². The van der Waals surface area contributed by atoms with Gasteiger partial charge in [0.2, 0.25) is 0 Å². The molecule has 1 aliphatic heterocycles. The second kappa shape index (κ2) is 3.07. The van der Waals surface area contributed by atoms with E-state index in [2.05, 4.69) is 12.1 Å². The molecular weight excluding hydrogens is 192 g/mol. The molecule has 0 saturated heterocycles. The fraction of sp³-hybridized carbons (Fsp3) is 0. The largest absolute Gasteiger partial charge is 0.455 e. The molecule has 0 saturated carbocycles. The number of hydrogen-bond acceptors (Lipinski definition) is 2. The van der Waals surface area contributed by atoms with E-state index in [0.29, 0.717) is 0 Å². The summed E-state index contributed by atoms with van der Waals surface area (Å²) in [6.07, 6.45) is 0. The Hall–Kier alpha value is -1.41. The van der Waals surface area contributed by atoms with E-state index >= 15 is 0 Å². The first kappa shape index (κ1) is 7.94. The van der Waals surface area contributed by atoms with Crippen LogP contribution in [-0.4, -0.2) is 0 Å². The van der Waals surface area contributed by atoms with Gasteiger partial charge in [0.15, 0.2) is 0 Å². The van der Waals surface area contributed by atoms with Crippen molar-refractivity contribution in [2.45, 2.75) is 9.79 Å². The van der Waals surface area contributed by atoms with Gasteiger partial charge < -0.3 is 4.74 Å². The van der Waals surface area contributed by atoms with Crippen LogP contribution in [0.5, 0.6) is 11.5 Å². The standard InChI is InChI=1S/C12H7OS/c1-3-7-11-9(5-1)13-10-6-2-4-8-12(10)14-11/h1,3-8H. The lowest BCUT2D eigenvalue weighted by atomic mass is 10.3. The number of para-hydroxylation sites is 1. The van der Waals surface area contributed by atoms with Gasteiger partial charge in [-0.05, 0) is 30.3 Å². The summed E-state index contributed by atoms with van der Waals surface area (Å²) in [7, 11) is 0. The first-order chi connectivity index (χ1) is 6.93. The number of fused-ring (bicyclic) bond motifs is 2. The van der Waals surface area contributed by atoms with Gasteiger partial charge in [0.1, 0.15) is 11.5 Å². The van der Waals surface area contributed by atoms with Crippen molar-refractivity contribution >= 4 is 11.8 Å². The van der Waals surface area contributed by atoms with E-state index in [1.54, 1.807) is 11.8 Å². The maximum Gasteiger partial charge on any atom is 0.142 e. The van der Waals surface area contributed by atoms with Gasteiger partial charge in [-0.1, -0.05) is 30.0 Å². The molecule has 0 bridgehead atoms. The van der Waals surface area contributed by atoms with Crippen molar-refractivity contribution in [2.75, 3.05) is 0 Å². The summed E-state index contributed by atoms with van der Waals surface area (Å²) >= 11 is 1.74. The molecule has 3 rings (SSSR count). The van der Waals surface area contributed by atoms with Crippen LogP contribution in [0.4, 0.5) is 0 Å². The smallest absolute Gasteiger partial charge is 0.142 e. The van der Waals surface area contributed by atoms with Crippen LogP contribution >= 0.6 is 11.8 Å². The monoisotopic (exact) mass is 199 g/mol. The summed E-state index contributed by atoms with van der Waals surface area (Å²) in [6, 6.07) is 16.9. The first-order valence-electron chi connectivity index (χ1n) is 4.38. The maximum atomic E-state index is 5.73. The van der Waals surface area contributed by atoms with E-state index in [0.717, 1.165) is 16.4 Å². The van der Waals surface area contributed by atoms with Crippen LogP contribution in [0.3, 0.4) is 0 Å². The molecule has 0 N–H and O–H groups in total. The summed E-state index contributed by atoms with van der Waals surface area (Å²) in [6.45, 7) is 0. The summed E-state index contributed by atoms with van der Waals surface area (Å²) in [5.41, 5.74) is 0. The summed E-state index contributed by atoms with van der Waals surface area (Å²) < 4.78 is 5.73. The second-order valence-electron chi connectivity index (χ2n) is 3.02. The lowest BCUT2D eigenvalue weighted by molar-refractivity contribution is 0.454. The Morgan fingerprint density at radius 1 is 1.00 bits per heavy atom. The van der Waals surface area contributed by atoms with Crippen LogP contribution in [0.15, 0.2) is 52.3 Å². The highest BCUT2D eigenvalue weighted by molar-refractivity contribution is 7.99. The molecule has 0 amide bonds. The minimum atomic E-state index is 0.899. The van der Waals surface area contributed by atoms with Crippen molar-refractivity contribution in [3.05, 3.63) is 48.5 Å². The average molecular weight is 199 g/mol. The lowest BCUT2D eigenvalue weighted by Crippen LogP contribution is -1.93. The topological polar surface area (TPSA) is 9.23 Å².